The summed E-state index contributed by atoms with van der Waals surface area (Å²) in [6, 6.07) is 16.5. The van der Waals surface area contributed by atoms with Gasteiger partial charge in [0.2, 0.25) is 0 Å². The topological polar surface area (TPSA) is 77.3 Å². The van der Waals surface area contributed by atoms with Gasteiger partial charge in [-0.25, -0.2) is 9.97 Å². The van der Waals surface area contributed by atoms with Gasteiger partial charge in [-0.15, -0.1) is 0 Å². The molecule has 0 aliphatic carbocycles. The molecule has 0 unspecified atom stereocenters. The van der Waals surface area contributed by atoms with E-state index in [1.54, 1.807) is 0 Å². The predicted octanol–water partition coefficient (Wildman–Crippen LogP) is 8.99. The fourth-order valence-corrected chi connectivity index (χ4v) is 4.86. The molecule has 0 fully saturated rings. The maximum absolute atomic E-state index is 5.19. The van der Waals surface area contributed by atoms with Gasteiger partial charge in [0.05, 0.1) is 22.8 Å². The number of pyridine rings is 4. The Morgan fingerprint density at radius 2 is 0.609 bits per heavy atom. The van der Waals surface area contributed by atoms with Gasteiger partial charge in [-0.1, -0.05) is 52.0 Å². The number of aromatic nitrogens is 6. The second kappa shape index (κ2) is 16.1. The summed E-state index contributed by atoms with van der Waals surface area (Å²) in [5.74, 6) is 0. The van der Waals surface area contributed by atoms with Crippen LogP contribution < -0.4 is 0 Å². The summed E-state index contributed by atoms with van der Waals surface area (Å²) in [6.07, 6.45) is 27.4. The Balaban J connectivity index is 1.63. The molecule has 0 bridgehead atoms. The molecular weight excluding hydrogens is 564 g/mol. The van der Waals surface area contributed by atoms with E-state index in [-0.39, 0.29) is 0 Å². The van der Waals surface area contributed by atoms with Crippen LogP contribution in [0.5, 0.6) is 0 Å². The van der Waals surface area contributed by atoms with Gasteiger partial charge >= 0.3 is 0 Å². The van der Waals surface area contributed by atoms with Crippen LogP contribution in [0.3, 0.4) is 0 Å². The van der Waals surface area contributed by atoms with Gasteiger partial charge in [0, 0.05) is 47.6 Å². The molecule has 5 aromatic heterocycles. The lowest BCUT2D eigenvalue weighted by Crippen LogP contribution is -2.00. The van der Waals surface area contributed by atoms with E-state index in [4.69, 9.17) is 9.97 Å². The fourth-order valence-electron chi connectivity index (χ4n) is 4.86. The van der Waals surface area contributed by atoms with Crippen molar-refractivity contribution in [3.05, 3.63) is 141 Å². The van der Waals surface area contributed by atoms with E-state index in [1.807, 2.05) is 73.4 Å². The second-order valence-corrected chi connectivity index (χ2v) is 10.8. The third-order valence-corrected chi connectivity index (χ3v) is 7.55. The van der Waals surface area contributed by atoms with E-state index >= 15 is 0 Å². The zero-order valence-electron chi connectivity index (χ0n) is 27.1. The molecule has 0 saturated carbocycles. The zero-order chi connectivity index (χ0) is 32.1. The molecule has 0 saturated heterocycles. The standard InChI is InChI=1S/C40H40N6/c1-5-33-25-29(17-21-41-33)9-13-37-38(14-10-30-18-22-42-34(6-2)26-30)46-40(16-12-32-20-24-44-36(8-4)28-32)39(45-37)15-11-31-19-23-43-35(7-3)27-31/h9-28H,5-8H2,1-4H3. The Morgan fingerprint density at radius 1 is 0.370 bits per heavy atom. The van der Waals surface area contributed by atoms with Crippen LogP contribution in [-0.4, -0.2) is 29.9 Å². The summed E-state index contributed by atoms with van der Waals surface area (Å²) in [6.45, 7) is 8.44. The zero-order valence-corrected chi connectivity index (χ0v) is 27.1. The monoisotopic (exact) mass is 604 g/mol. The lowest BCUT2D eigenvalue weighted by atomic mass is 10.1. The van der Waals surface area contributed by atoms with Crippen LogP contribution in [0.2, 0.25) is 0 Å². The highest BCUT2D eigenvalue weighted by molar-refractivity contribution is 5.81. The molecule has 0 N–H and O–H groups in total. The minimum Gasteiger partial charge on any atom is -0.261 e. The quantitative estimate of drug-likeness (QED) is 0.141. The Labute approximate surface area is 272 Å². The molecule has 5 aromatic rings. The SMILES string of the molecule is CCc1cc(C=Cc2nc(C=Cc3ccnc(CC)c3)c(C=Cc3ccnc(CC)c3)nc2C=Cc2ccnc(CC)c2)ccn1. The van der Waals surface area contributed by atoms with Gasteiger partial charge in [0.1, 0.15) is 0 Å². The Hall–Kier alpha value is -5.36. The van der Waals surface area contributed by atoms with E-state index in [2.05, 4.69) is 96.2 Å². The number of aryl methyl sites for hydroxylation is 4. The van der Waals surface area contributed by atoms with Crippen molar-refractivity contribution in [1.29, 1.82) is 0 Å². The first-order valence-electron chi connectivity index (χ1n) is 16.0. The minimum atomic E-state index is 0.772. The molecule has 6 heteroatoms. The summed E-state index contributed by atoms with van der Waals surface area (Å²) in [5, 5.41) is 0. The van der Waals surface area contributed by atoms with Crippen molar-refractivity contribution in [2.75, 3.05) is 0 Å². The number of rotatable bonds is 12. The summed E-state index contributed by atoms with van der Waals surface area (Å²) < 4.78 is 0. The van der Waals surface area contributed by atoms with Crippen molar-refractivity contribution in [3.63, 3.8) is 0 Å². The maximum atomic E-state index is 5.19. The molecule has 0 aliphatic heterocycles. The van der Waals surface area contributed by atoms with E-state index in [1.165, 1.54) is 0 Å². The smallest absolute Gasteiger partial charge is 0.0894 e. The normalized spacial score (nSPS) is 11.9. The summed E-state index contributed by atoms with van der Waals surface area (Å²) in [7, 11) is 0. The van der Waals surface area contributed by atoms with Gasteiger partial charge in [-0.05, 0) is 121 Å². The van der Waals surface area contributed by atoms with Gasteiger partial charge in [0.25, 0.3) is 0 Å². The highest BCUT2D eigenvalue weighted by Crippen LogP contribution is 2.21. The van der Waals surface area contributed by atoms with Crippen molar-refractivity contribution in [1.82, 2.24) is 29.9 Å². The van der Waals surface area contributed by atoms with Crippen LogP contribution in [0.4, 0.5) is 0 Å². The lowest BCUT2D eigenvalue weighted by molar-refractivity contribution is 1.03. The fraction of sp³-hybridized carbons (Fsp3) is 0.200. The molecule has 0 aromatic carbocycles. The van der Waals surface area contributed by atoms with Gasteiger partial charge in [-0.3, -0.25) is 19.9 Å². The number of hydrogen-bond donors (Lipinski definition) is 0. The highest BCUT2D eigenvalue weighted by Gasteiger charge is 2.09. The van der Waals surface area contributed by atoms with Gasteiger partial charge in [-0.2, -0.15) is 0 Å². The van der Waals surface area contributed by atoms with E-state index in [9.17, 15) is 0 Å². The van der Waals surface area contributed by atoms with Crippen LogP contribution in [0.1, 0.15) is 95.5 Å². The van der Waals surface area contributed by atoms with Crippen molar-refractivity contribution in [2.45, 2.75) is 53.4 Å². The van der Waals surface area contributed by atoms with Crippen molar-refractivity contribution in [3.8, 4) is 0 Å². The molecule has 5 rings (SSSR count). The van der Waals surface area contributed by atoms with Crippen LogP contribution in [0, 0.1) is 0 Å². The van der Waals surface area contributed by atoms with E-state index in [0.717, 1.165) is 93.5 Å². The first-order chi connectivity index (χ1) is 22.6. The molecule has 6 nitrogen and oxygen atoms in total. The van der Waals surface area contributed by atoms with Crippen molar-refractivity contribution < 1.29 is 0 Å². The molecule has 230 valence electrons. The van der Waals surface area contributed by atoms with Gasteiger partial charge < -0.3 is 0 Å². The van der Waals surface area contributed by atoms with Crippen molar-refractivity contribution >= 4 is 48.6 Å². The first-order valence-corrected chi connectivity index (χ1v) is 16.0. The molecule has 5 heterocycles. The molecule has 0 spiro atoms. The van der Waals surface area contributed by atoms with Crippen LogP contribution >= 0.6 is 0 Å². The Morgan fingerprint density at radius 3 is 0.826 bits per heavy atom. The molecule has 0 atom stereocenters. The molecular formula is C40H40N6. The third kappa shape index (κ3) is 8.85. The molecule has 0 radical (unpaired) electrons. The average molecular weight is 605 g/mol. The highest BCUT2D eigenvalue weighted by atomic mass is 14.8. The maximum Gasteiger partial charge on any atom is 0.0894 e. The first kappa shape index (κ1) is 32.0. The minimum absolute atomic E-state index is 0.772. The predicted molar refractivity (Wildman–Crippen MR) is 192 cm³/mol. The summed E-state index contributed by atoms with van der Waals surface area (Å²) in [4.78, 5) is 28.2. The Bertz CT molecular complexity index is 1630. The summed E-state index contributed by atoms with van der Waals surface area (Å²) >= 11 is 0. The van der Waals surface area contributed by atoms with E-state index < -0.39 is 0 Å². The molecule has 0 amide bonds. The Kier molecular flexibility index (Phi) is 11.2. The van der Waals surface area contributed by atoms with Crippen molar-refractivity contribution in [2.24, 2.45) is 0 Å². The van der Waals surface area contributed by atoms with Gasteiger partial charge in [0.15, 0.2) is 0 Å². The molecule has 46 heavy (non-hydrogen) atoms. The van der Waals surface area contributed by atoms with Crippen LogP contribution in [0.25, 0.3) is 48.6 Å². The lowest BCUT2D eigenvalue weighted by Gasteiger charge is -2.08. The largest absolute Gasteiger partial charge is 0.261 e. The third-order valence-electron chi connectivity index (χ3n) is 7.55. The van der Waals surface area contributed by atoms with Crippen LogP contribution in [-0.2, 0) is 25.7 Å². The van der Waals surface area contributed by atoms with E-state index in [0.29, 0.717) is 0 Å². The number of nitrogens with zero attached hydrogens (tertiary/aromatic N) is 6. The second-order valence-electron chi connectivity index (χ2n) is 10.8. The summed E-state index contributed by atoms with van der Waals surface area (Å²) in [5.41, 5.74) is 11.6. The number of hydrogen-bond acceptors (Lipinski definition) is 6. The molecule has 0 aliphatic rings. The van der Waals surface area contributed by atoms with Crippen LogP contribution in [0.15, 0.2) is 73.3 Å². The average Bonchev–Trinajstić information content (AvgIpc) is 3.12.